The number of halogens is 3. The summed E-state index contributed by atoms with van der Waals surface area (Å²) >= 11 is 6.80. The average molecular weight is 496 g/mol. The molecule has 174 valence electrons. The number of thiophene rings is 1. The van der Waals surface area contributed by atoms with Gasteiger partial charge in [-0.05, 0) is 42.7 Å². The minimum atomic E-state index is -4.62. The number of piperazine rings is 1. The van der Waals surface area contributed by atoms with Gasteiger partial charge < -0.3 is 9.80 Å². The number of aromatic nitrogens is 3. The number of alkyl halides is 3. The Morgan fingerprint density at radius 1 is 1.09 bits per heavy atom. The van der Waals surface area contributed by atoms with Gasteiger partial charge in [-0.2, -0.15) is 18.3 Å². The summed E-state index contributed by atoms with van der Waals surface area (Å²) in [6, 6.07) is 7.86. The normalized spacial score (nSPS) is 15.5. The number of carbonyl (C=O) groups is 2. The van der Waals surface area contributed by atoms with Crippen LogP contribution in [0.2, 0.25) is 0 Å². The molecular weight excluding hydrogens is 475 g/mol. The van der Waals surface area contributed by atoms with Crippen LogP contribution in [0.1, 0.15) is 28.9 Å². The molecule has 1 atom stereocenters. The smallest absolute Gasteiger partial charge is 0.337 e. The molecule has 2 amide bonds. The molecule has 1 unspecified atom stereocenters. The third-order valence-electron chi connectivity index (χ3n) is 5.53. The lowest BCUT2D eigenvalue weighted by Crippen LogP contribution is -2.52. The fourth-order valence-electron chi connectivity index (χ4n) is 3.84. The van der Waals surface area contributed by atoms with Gasteiger partial charge in [0.1, 0.15) is 6.04 Å². The van der Waals surface area contributed by atoms with Crippen molar-refractivity contribution in [1.82, 2.24) is 24.6 Å². The summed E-state index contributed by atoms with van der Waals surface area (Å²) in [5.74, 6) is -0.332. The highest BCUT2D eigenvalue weighted by Gasteiger charge is 2.37. The number of rotatable bonds is 4. The second kappa shape index (κ2) is 9.10. The van der Waals surface area contributed by atoms with E-state index in [0.29, 0.717) is 10.6 Å². The molecule has 1 N–H and O–H groups in total. The Morgan fingerprint density at radius 3 is 2.39 bits per heavy atom. The number of nitrogens with zero attached hydrogens (tertiary/aromatic N) is 4. The van der Waals surface area contributed by atoms with Crippen molar-refractivity contribution >= 4 is 35.4 Å². The maximum Gasteiger partial charge on any atom is 0.417 e. The first-order valence-corrected chi connectivity index (χ1v) is 11.4. The number of aromatic amines is 1. The van der Waals surface area contributed by atoms with Crippen LogP contribution < -0.4 is 0 Å². The third kappa shape index (κ3) is 4.58. The number of carbonyl (C=O) groups excluding carboxylic acids is 2. The molecule has 3 heterocycles. The van der Waals surface area contributed by atoms with Gasteiger partial charge in [0.25, 0.3) is 5.91 Å². The van der Waals surface area contributed by atoms with E-state index in [4.69, 9.17) is 12.2 Å². The van der Waals surface area contributed by atoms with Gasteiger partial charge in [-0.1, -0.05) is 18.2 Å². The van der Waals surface area contributed by atoms with Crippen molar-refractivity contribution in [2.24, 2.45) is 0 Å². The summed E-state index contributed by atoms with van der Waals surface area (Å²) in [7, 11) is 0. The van der Waals surface area contributed by atoms with Crippen LogP contribution in [0, 0.1) is 4.77 Å². The molecule has 0 spiro atoms. The Labute approximate surface area is 196 Å². The maximum absolute atomic E-state index is 13.3. The van der Waals surface area contributed by atoms with Gasteiger partial charge in [-0.3, -0.25) is 19.3 Å². The van der Waals surface area contributed by atoms with E-state index in [1.54, 1.807) is 16.4 Å². The number of hydrogen-bond donors (Lipinski definition) is 1. The molecule has 12 heteroatoms. The molecule has 1 aliphatic rings. The average Bonchev–Trinajstić information content (AvgIpc) is 3.47. The van der Waals surface area contributed by atoms with Gasteiger partial charge in [-0.25, -0.2) is 0 Å². The van der Waals surface area contributed by atoms with E-state index >= 15 is 0 Å². The van der Waals surface area contributed by atoms with Crippen LogP contribution in [0.4, 0.5) is 13.2 Å². The fourth-order valence-corrected chi connectivity index (χ4v) is 4.84. The number of H-pyrrole nitrogens is 1. The van der Waals surface area contributed by atoms with Crippen LogP contribution in [-0.4, -0.2) is 62.6 Å². The second-order valence-corrected chi connectivity index (χ2v) is 8.87. The standard InChI is InChI=1S/C21H20F3N5O2S2/c1-13(29-17(25-26-20(29)32)16-7-4-12-33-16)18(30)27-8-10-28(11-9-27)19(31)14-5-2-3-6-15(14)21(22,23)24/h2-7,12-13H,8-11H2,1H3,(H,26,32). The first kappa shape index (κ1) is 23.2. The summed E-state index contributed by atoms with van der Waals surface area (Å²) < 4.78 is 41.8. The van der Waals surface area contributed by atoms with Gasteiger partial charge in [0.15, 0.2) is 10.6 Å². The van der Waals surface area contributed by atoms with Crippen LogP contribution in [-0.2, 0) is 11.0 Å². The van der Waals surface area contributed by atoms with Crippen LogP contribution in [0.3, 0.4) is 0 Å². The third-order valence-corrected chi connectivity index (χ3v) is 6.69. The molecule has 0 bridgehead atoms. The van der Waals surface area contributed by atoms with E-state index in [1.807, 2.05) is 17.5 Å². The summed E-state index contributed by atoms with van der Waals surface area (Å²) in [6.45, 7) is 2.42. The van der Waals surface area contributed by atoms with E-state index < -0.39 is 23.7 Å². The van der Waals surface area contributed by atoms with Crippen molar-refractivity contribution in [3.63, 3.8) is 0 Å². The molecule has 1 saturated heterocycles. The summed E-state index contributed by atoms with van der Waals surface area (Å²) in [5.41, 5.74) is -1.35. The molecular formula is C21H20F3N5O2S2. The predicted octanol–water partition coefficient (Wildman–Crippen LogP) is 4.23. The highest BCUT2D eigenvalue weighted by Crippen LogP contribution is 2.32. The van der Waals surface area contributed by atoms with Crippen LogP contribution in [0.25, 0.3) is 10.7 Å². The number of amides is 2. The molecule has 3 aromatic rings. The summed E-state index contributed by atoms with van der Waals surface area (Å²) in [4.78, 5) is 29.8. The Kier molecular flexibility index (Phi) is 6.39. The molecule has 4 rings (SSSR count). The SMILES string of the molecule is CC(C(=O)N1CCN(C(=O)c2ccccc2C(F)(F)F)CC1)n1c(-c2cccs2)n[nH]c1=S. The van der Waals surface area contributed by atoms with Gasteiger partial charge in [0, 0.05) is 26.2 Å². The lowest BCUT2D eigenvalue weighted by Gasteiger charge is -2.36. The number of hydrogen-bond acceptors (Lipinski definition) is 5. The Balaban J connectivity index is 1.46. The molecule has 0 aliphatic carbocycles. The maximum atomic E-state index is 13.3. The molecule has 1 aliphatic heterocycles. The van der Waals surface area contributed by atoms with Crippen molar-refractivity contribution in [3.8, 4) is 10.7 Å². The number of benzene rings is 1. The first-order chi connectivity index (χ1) is 15.7. The van der Waals surface area contributed by atoms with Gasteiger partial charge in [0.2, 0.25) is 5.91 Å². The first-order valence-electron chi connectivity index (χ1n) is 10.1. The lowest BCUT2D eigenvalue weighted by atomic mass is 10.1. The minimum Gasteiger partial charge on any atom is -0.337 e. The highest BCUT2D eigenvalue weighted by atomic mass is 32.1. The molecule has 0 radical (unpaired) electrons. The minimum absolute atomic E-state index is 0.137. The van der Waals surface area contributed by atoms with Crippen LogP contribution >= 0.6 is 23.6 Å². The van der Waals surface area contributed by atoms with Crippen molar-refractivity contribution in [2.45, 2.75) is 19.1 Å². The van der Waals surface area contributed by atoms with E-state index in [9.17, 15) is 22.8 Å². The largest absolute Gasteiger partial charge is 0.417 e. The molecule has 1 fully saturated rings. The zero-order valence-electron chi connectivity index (χ0n) is 17.5. The van der Waals surface area contributed by atoms with Crippen LogP contribution in [0.5, 0.6) is 0 Å². The second-order valence-electron chi connectivity index (χ2n) is 7.54. The van der Waals surface area contributed by atoms with Crippen molar-refractivity contribution < 1.29 is 22.8 Å². The van der Waals surface area contributed by atoms with E-state index in [0.717, 1.165) is 10.9 Å². The van der Waals surface area contributed by atoms with Gasteiger partial charge in [0.05, 0.1) is 16.0 Å². The monoisotopic (exact) mass is 495 g/mol. The molecule has 0 saturated carbocycles. The molecule has 7 nitrogen and oxygen atoms in total. The zero-order valence-corrected chi connectivity index (χ0v) is 19.1. The predicted molar refractivity (Wildman–Crippen MR) is 119 cm³/mol. The lowest BCUT2D eigenvalue weighted by molar-refractivity contribution is -0.138. The Morgan fingerprint density at radius 2 is 1.76 bits per heavy atom. The Bertz CT molecular complexity index is 1210. The summed E-state index contributed by atoms with van der Waals surface area (Å²) in [6.07, 6.45) is -4.62. The molecule has 33 heavy (non-hydrogen) atoms. The van der Waals surface area contributed by atoms with Crippen molar-refractivity contribution in [3.05, 3.63) is 57.7 Å². The molecule has 1 aromatic carbocycles. The van der Waals surface area contributed by atoms with E-state index in [-0.39, 0.29) is 37.6 Å². The van der Waals surface area contributed by atoms with Crippen molar-refractivity contribution in [2.75, 3.05) is 26.2 Å². The van der Waals surface area contributed by atoms with Crippen LogP contribution in [0.15, 0.2) is 41.8 Å². The fraction of sp³-hybridized carbons (Fsp3) is 0.333. The van der Waals surface area contributed by atoms with Gasteiger partial charge >= 0.3 is 6.18 Å². The van der Waals surface area contributed by atoms with E-state index in [1.165, 1.54) is 34.4 Å². The van der Waals surface area contributed by atoms with E-state index in [2.05, 4.69) is 10.2 Å². The molecule has 2 aromatic heterocycles. The summed E-state index contributed by atoms with van der Waals surface area (Å²) in [5, 5.41) is 8.87. The topological polar surface area (TPSA) is 74.2 Å². The Hall–Kier alpha value is -2.99. The highest BCUT2D eigenvalue weighted by molar-refractivity contribution is 7.71. The zero-order chi connectivity index (χ0) is 23.8. The van der Waals surface area contributed by atoms with Gasteiger partial charge in [-0.15, -0.1) is 11.3 Å². The quantitative estimate of drug-likeness (QED) is 0.550. The number of nitrogens with one attached hydrogen (secondary N) is 1. The van der Waals surface area contributed by atoms with Crippen molar-refractivity contribution in [1.29, 1.82) is 0 Å².